The summed E-state index contributed by atoms with van der Waals surface area (Å²) in [7, 11) is 0. The first-order valence-electron chi connectivity index (χ1n) is 9.36. The third-order valence-electron chi connectivity index (χ3n) is 4.25. The van der Waals surface area contributed by atoms with Crippen molar-refractivity contribution in [3.63, 3.8) is 0 Å². The largest absolute Gasteiger partial charge is 0.456 e. The molecule has 0 bridgehead atoms. The number of thiazole rings is 1. The first-order chi connectivity index (χ1) is 12.8. The highest BCUT2D eigenvalue weighted by Crippen LogP contribution is 2.26. The normalized spacial score (nSPS) is 13.7. The number of carbonyl (C=O) groups excluding carboxylic acids is 2. The molecule has 1 N–H and O–H groups in total. The van der Waals surface area contributed by atoms with Gasteiger partial charge in [0.2, 0.25) is 5.91 Å². The van der Waals surface area contributed by atoms with Crippen molar-refractivity contribution in [1.29, 1.82) is 0 Å². The lowest BCUT2D eigenvalue weighted by Crippen LogP contribution is -2.25. The molecule has 1 aliphatic carbocycles. The Morgan fingerprint density at radius 1 is 1.22 bits per heavy atom. The van der Waals surface area contributed by atoms with Crippen LogP contribution < -0.4 is 5.32 Å². The summed E-state index contributed by atoms with van der Waals surface area (Å²) >= 11 is 1.66. The first kappa shape index (κ1) is 19.5. The summed E-state index contributed by atoms with van der Waals surface area (Å²) in [4.78, 5) is 30.4. The third-order valence-corrected chi connectivity index (χ3v) is 5.41. The van der Waals surface area contributed by atoms with Crippen LogP contribution in [0, 0.1) is 0 Å². The van der Waals surface area contributed by atoms with Crippen LogP contribution in [0.1, 0.15) is 65.1 Å². The van der Waals surface area contributed by atoms with Crippen molar-refractivity contribution in [2.24, 2.45) is 0 Å². The van der Waals surface area contributed by atoms with Crippen LogP contribution in [0.2, 0.25) is 0 Å². The molecule has 1 heterocycles. The summed E-state index contributed by atoms with van der Waals surface area (Å²) in [5.74, 6) is -0.409. The molecule has 27 heavy (non-hydrogen) atoms. The standard InChI is InChI=1S/C21H26N2O3S/c1-21(2,3)26-20(25)15-8-6-7-14(11-15)13-22-18(24)12-19-23-16-9-4-5-10-17(16)27-19/h6-8,11H,4-5,9-10,12-13H2,1-3H3,(H,22,24). The van der Waals surface area contributed by atoms with Crippen LogP contribution in [0.5, 0.6) is 0 Å². The van der Waals surface area contributed by atoms with E-state index >= 15 is 0 Å². The van der Waals surface area contributed by atoms with Gasteiger partial charge in [-0.3, -0.25) is 4.79 Å². The number of fused-ring (bicyclic) bond motifs is 1. The summed E-state index contributed by atoms with van der Waals surface area (Å²) in [5, 5.41) is 3.81. The predicted octanol–water partition coefficient (Wildman–Crippen LogP) is 3.84. The maximum atomic E-state index is 12.3. The number of hydrogen-bond donors (Lipinski definition) is 1. The Morgan fingerprint density at radius 3 is 2.74 bits per heavy atom. The van der Waals surface area contributed by atoms with Crippen LogP contribution in [0.3, 0.4) is 0 Å². The van der Waals surface area contributed by atoms with E-state index in [0.717, 1.165) is 23.4 Å². The highest BCUT2D eigenvalue weighted by atomic mass is 32.1. The van der Waals surface area contributed by atoms with Gasteiger partial charge in [0.15, 0.2) is 0 Å². The molecule has 0 saturated carbocycles. The second-order valence-corrected chi connectivity index (χ2v) is 9.01. The van der Waals surface area contributed by atoms with Gasteiger partial charge in [0.25, 0.3) is 0 Å². The molecule has 0 spiro atoms. The summed E-state index contributed by atoms with van der Waals surface area (Å²) < 4.78 is 5.39. The Labute approximate surface area is 164 Å². The molecular weight excluding hydrogens is 360 g/mol. The zero-order valence-electron chi connectivity index (χ0n) is 16.1. The topological polar surface area (TPSA) is 68.3 Å². The van der Waals surface area contributed by atoms with E-state index in [0.29, 0.717) is 18.5 Å². The number of rotatable bonds is 5. The number of carbonyl (C=O) groups is 2. The lowest BCUT2D eigenvalue weighted by Gasteiger charge is -2.19. The van der Waals surface area contributed by atoms with Crippen LogP contribution in [-0.2, 0) is 35.3 Å². The number of benzene rings is 1. The molecule has 3 rings (SSSR count). The smallest absolute Gasteiger partial charge is 0.338 e. The Balaban J connectivity index is 1.55. The quantitative estimate of drug-likeness (QED) is 0.793. The minimum Gasteiger partial charge on any atom is -0.456 e. The highest BCUT2D eigenvalue weighted by Gasteiger charge is 2.19. The Bertz CT molecular complexity index is 813. The van der Waals surface area contributed by atoms with E-state index in [1.807, 2.05) is 26.8 Å². The van der Waals surface area contributed by atoms with Crippen molar-refractivity contribution in [3.05, 3.63) is 51.0 Å². The fourth-order valence-electron chi connectivity index (χ4n) is 3.03. The molecule has 1 amide bonds. The maximum Gasteiger partial charge on any atom is 0.338 e. The minimum atomic E-state index is -0.534. The van der Waals surface area contributed by atoms with Gasteiger partial charge in [0.1, 0.15) is 10.6 Å². The van der Waals surface area contributed by atoms with Crippen molar-refractivity contribution in [2.45, 2.75) is 65.0 Å². The summed E-state index contributed by atoms with van der Waals surface area (Å²) in [5.41, 5.74) is 2.00. The number of ether oxygens (including phenoxy) is 1. The molecule has 0 radical (unpaired) electrons. The number of aromatic nitrogens is 1. The summed E-state index contributed by atoms with van der Waals surface area (Å²) in [6.45, 7) is 5.89. The molecule has 0 fully saturated rings. The molecule has 0 aliphatic heterocycles. The van der Waals surface area contributed by atoms with Gasteiger partial charge in [-0.1, -0.05) is 12.1 Å². The molecule has 1 aromatic heterocycles. The van der Waals surface area contributed by atoms with Crippen LogP contribution in [0.4, 0.5) is 0 Å². The number of aryl methyl sites for hydroxylation is 2. The predicted molar refractivity (Wildman–Crippen MR) is 106 cm³/mol. The van der Waals surface area contributed by atoms with E-state index in [2.05, 4.69) is 10.3 Å². The Hall–Kier alpha value is -2.21. The zero-order chi connectivity index (χ0) is 19.4. The SMILES string of the molecule is CC(C)(C)OC(=O)c1cccc(CNC(=O)Cc2nc3c(s2)CCCC3)c1. The maximum absolute atomic E-state index is 12.3. The van der Waals surface area contributed by atoms with Gasteiger partial charge < -0.3 is 10.1 Å². The fourth-order valence-corrected chi connectivity index (χ4v) is 4.18. The molecule has 6 heteroatoms. The van der Waals surface area contributed by atoms with Crippen molar-refractivity contribution in [2.75, 3.05) is 0 Å². The van der Waals surface area contributed by atoms with E-state index < -0.39 is 5.60 Å². The van der Waals surface area contributed by atoms with Crippen molar-refractivity contribution < 1.29 is 14.3 Å². The number of hydrogen-bond acceptors (Lipinski definition) is 5. The average Bonchev–Trinajstić information content (AvgIpc) is 3.01. The lowest BCUT2D eigenvalue weighted by atomic mass is 10.0. The molecule has 2 aromatic rings. The van der Waals surface area contributed by atoms with Gasteiger partial charge in [-0.2, -0.15) is 0 Å². The molecule has 144 valence electrons. The summed E-state index contributed by atoms with van der Waals surface area (Å²) in [6.07, 6.45) is 4.84. The molecule has 0 unspecified atom stereocenters. The van der Waals surface area contributed by atoms with Gasteiger partial charge in [0, 0.05) is 11.4 Å². The van der Waals surface area contributed by atoms with E-state index in [9.17, 15) is 9.59 Å². The van der Waals surface area contributed by atoms with Gasteiger partial charge in [-0.05, 0) is 64.2 Å². The van der Waals surface area contributed by atoms with Crippen LogP contribution in [-0.4, -0.2) is 22.5 Å². The second kappa shape index (κ2) is 8.21. The lowest BCUT2D eigenvalue weighted by molar-refractivity contribution is -0.120. The average molecular weight is 387 g/mol. The monoisotopic (exact) mass is 386 g/mol. The second-order valence-electron chi connectivity index (χ2n) is 7.84. The Morgan fingerprint density at radius 2 is 2.00 bits per heavy atom. The van der Waals surface area contributed by atoms with E-state index in [1.165, 1.54) is 23.4 Å². The highest BCUT2D eigenvalue weighted by molar-refractivity contribution is 7.11. The van der Waals surface area contributed by atoms with Crippen molar-refractivity contribution >= 4 is 23.2 Å². The molecule has 0 saturated heterocycles. The van der Waals surface area contributed by atoms with Crippen molar-refractivity contribution in [1.82, 2.24) is 10.3 Å². The molecule has 1 aromatic carbocycles. The first-order valence-corrected chi connectivity index (χ1v) is 10.2. The van der Waals surface area contributed by atoms with Gasteiger partial charge in [-0.25, -0.2) is 9.78 Å². The fraction of sp³-hybridized carbons (Fsp3) is 0.476. The molecular formula is C21H26N2O3S. The number of esters is 1. The zero-order valence-corrected chi connectivity index (χ0v) is 16.9. The van der Waals surface area contributed by atoms with Crippen LogP contribution in [0.25, 0.3) is 0 Å². The van der Waals surface area contributed by atoms with Gasteiger partial charge in [-0.15, -0.1) is 11.3 Å². The van der Waals surface area contributed by atoms with Crippen molar-refractivity contribution in [3.8, 4) is 0 Å². The van der Waals surface area contributed by atoms with Gasteiger partial charge in [0.05, 0.1) is 17.7 Å². The Kier molecular flexibility index (Phi) is 5.95. The van der Waals surface area contributed by atoms with E-state index in [1.54, 1.807) is 29.5 Å². The number of nitrogens with one attached hydrogen (secondary N) is 1. The molecule has 5 nitrogen and oxygen atoms in total. The minimum absolute atomic E-state index is 0.0521. The van der Waals surface area contributed by atoms with E-state index in [-0.39, 0.29) is 11.9 Å². The van der Waals surface area contributed by atoms with Crippen LogP contribution >= 0.6 is 11.3 Å². The van der Waals surface area contributed by atoms with Crippen LogP contribution in [0.15, 0.2) is 24.3 Å². The summed E-state index contributed by atoms with van der Waals surface area (Å²) in [6, 6.07) is 7.17. The van der Waals surface area contributed by atoms with Gasteiger partial charge >= 0.3 is 5.97 Å². The van der Waals surface area contributed by atoms with E-state index in [4.69, 9.17) is 4.74 Å². The molecule has 0 atom stereocenters. The number of amides is 1. The number of nitrogens with zero attached hydrogens (tertiary/aromatic N) is 1. The third kappa shape index (κ3) is 5.63. The molecule has 1 aliphatic rings.